The molecule has 1 amide bonds. The first-order valence-electron chi connectivity index (χ1n) is 11.4. The number of carboxylic acid groups (broad SMARTS) is 1. The van der Waals surface area contributed by atoms with Gasteiger partial charge in [-0.1, -0.05) is 19.6 Å². The molecule has 2 N–H and O–H groups in total. The molecule has 188 valence electrons. The molecule has 0 radical (unpaired) electrons. The van der Waals surface area contributed by atoms with Gasteiger partial charge in [-0.05, 0) is 39.7 Å². The minimum absolute atomic E-state index is 0.110. The molecule has 12 heteroatoms. The molecule has 3 heterocycles. The lowest BCUT2D eigenvalue weighted by molar-refractivity contribution is 0.0204. The van der Waals surface area contributed by atoms with Crippen molar-refractivity contribution >= 4 is 43.1 Å². The maximum absolute atomic E-state index is 12.9. The van der Waals surface area contributed by atoms with Gasteiger partial charge in [0, 0.05) is 21.2 Å². The van der Waals surface area contributed by atoms with Crippen molar-refractivity contribution in [2.24, 2.45) is 0 Å². The van der Waals surface area contributed by atoms with Crippen LogP contribution in [0.4, 0.5) is 16.4 Å². The van der Waals surface area contributed by atoms with Crippen molar-refractivity contribution in [2.75, 3.05) is 18.5 Å². The van der Waals surface area contributed by atoms with Crippen LogP contribution in [0.1, 0.15) is 55.2 Å². The minimum atomic E-state index is -1.23. The number of likely N-dealkylation sites (tertiary alicyclic amines) is 1. The molecule has 0 unspecified atom stereocenters. The number of amides is 1. The van der Waals surface area contributed by atoms with Gasteiger partial charge in [-0.25, -0.2) is 19.6 Å². The summed E-state index contributed by atoms with van der Waals surface area (Å²) >= 11 is 1.04. The summed E-state index contributed by atoms with van der Waals surface area (Å²) in [6, 6.07) is 0.775. The highest BCUT2D eigenvalue weighted by atomic mass is 32.1. The average Bonchev–Trinajstić information content (AvgIpc) is 3.42. The number of carbonyl (C=O) groups excluding carboxylic acids is 1. The number of carbonyl (C=O) groups is 2. The maximum Gasteiger partial charge on any atom is 0.410 e. The molecule has 2 aromatic heterocycles. The molecule has 0 aliphatic carbocycles. The van der Waals surface area contributed by atoms with E-state index in [1.54, 1.807) is 11.1 Å². The number of thiazole rings is 1. The van der Waals surface area contributed by atoms with Crippen molar-refractivity contribution in [3.8, 4) is 0 Å². The number of imidazole rings is 1. The van der Waals surface area contributed by atoms with E-state index in [0.29, 0.717) is 24.8 Å². The molecular weight excluding hydrogens is 474 g/mol. The second-order valence-electron chi connectivity index (χ2n) is 10.6. The highest BCUT2D eigenvalue weighted by molar-refractivity contribution is 7.12. The van der Waals surface area contributed by atoms with Gasteiger partial charge in [0.1, 0.15) is 24.0 Å². The van der Waals surface area contributed by atoms with Crippen LogP contribution in [0.25, 0.3) is 0 Å². The SMILES string of the molecule is CC(C)(C)OC(=O)N1CCC[C@H]1c1nc(Nc2ncsc2C(=O)O)cn1COCC[Si](C)(C)C. The van der Waals surface area contributed by atoms with Gasteiger partial charge < -0.3 is 24.5 Å². The first-order valence-corrected chi connectivity index (χ1v) is 16.0. The number of hydrogen-bond acceptors (Lipinski definition) is 8. The highest BCUT2D eigenvalue weighted by Crippen LogP contribution is 2.34. The van der Waals surface area contributed by atoms with Crippen LogP contribution in [0, 0.1) is 0 Å². The third-order valence-corrected chi connectivity index (χ3v) is 7.74. The lowest BCUT2D eigenvalue weighted by Gasteiger charge is -2.28. The van der Waals surface area contributed by atoms with Crippen LogP contribution < -0.4 is 5.32 Å². The monoisotopic (exact) mass is 509 g/mol. The van der Waals surface area contributed by atoms with Crippen molar-refractivity contribution in [1.82, 2.24) is 19.4 Å². The zero-order valence-corrected chi connectivity index (χ0v) is 22.6. The van der Waals surface area contributed by atoms with Gasteiger partial charge in [0.25, 0.3) is 0 Å². The van der Waals surface area contributed by atoms with Crippen molar-refractivity contribution < 1.29 is 24.2 Å². The molecule has 0 saturated carbocycles. The summed E-state index contributed by atoms with van der Waals surface area (Å²) in [7, 11) is -1.23. The topological polar surface area (TPSA) is 119 Å². The summed E-state index contributed by atoms with van der Waals surface area (Å²) in [5, 5.41) is 12.4. The fraction of sp³-hybridized carbons (Fsp3) is 0.636. The van der Waals surface area contributed by atoms with E-state index in [1.807, 2.05) is 25.3 Å². The molecular formula is C22H35N5O5SSi. The van der Waals surface area contributed by atoms with E-state index in [-0.39, 0.29) is 29.6 Å². The Bertz CT molecular complexity index is 1010. The molecule has 0 spiro atoms. The van der Waals surface area contributed by atoms with Crippen LogP contribution in [-0.4, -0.2) is 63.4 Å². The number of aromatic carboxylic acids is 1. The zero-order chi connectivity index (χ0) is 25.1. The predicted octanol–water partition coefficient (Wildman–Crippen LogP) is 5.17. The van der Waals surface area contributed by atoms with Crippen molar-refractivity contribution in [2.45, 2.75) is 77.7 Å². The van der Waals surface area contributed by atoms with Gasteiger partial charge in [-0.15, -0.1) is 11.3 Å². The molecule has 10 nitrogen and oxygen atoms in total. The third-order valence-electron chi connectivity index (χ3n) is 5.22. The predicted molar refractivity (Wildman–Crippen MR) is 134 cm³/mol. The van der Waals surface area contributed by atoms with Gasteiger partial charge in [0.15, 0.2) is 10.7 Å². The van der Waals surface area contributed by atoms with Crippen LogP contribution in [-0.2, 0) is 16.2 Å². The van der Waals surface area contributed by atoms with Gasteiger partial charge in [0.2, 0.25) is 0 Å². The van der Waals surface area contributed by atoms with E-state index in [0.717, 1.165) is 30.2 Å². The number of carboxylic acids is 1. The van der Waals surface area contributed by atoms with Crippen molar-refractivity contribution in [3.05, 3.63) is 22.4 Å². The Morgan fingerprint density at radius 2 is 2.06 bits per heavy atom. The van der Waals surface area contributed by atoms with E-state index in [1.165, 1.54) is 5.51 Å². The molecule has 0 aromatic carbocycles. The summed E-state index contributed by atoms with van der Waals surface area (Å²) in [6.07, 6.45) is 3.00. The number of hydrogen-bond donors (Lipinski definition) is 2. The third kappa shape index (κ3) is 7.03. The Morgan fingerprint density at radius 1 is 1.32 bits per heavy atom. The molecule has 1 saturated heterocycles. The van der Waals surface area contributed by atoms with Gasteiger partial charge in [-0.3, -0.25) is 4.90 Å². The largest absolute Gasteiger partial charge is 0.477 e. The standard InChI is InChI=1S/C22H35N5O5SSi/c1-22(2,3)32-21(30)27-9-7-8-15(27)19-25-16(24-18-17(20(28)29)33-13-23-18)12-26(19)14-31-10-11-34(4,5)6/h12-13,15,24H,7-11,14H2,1-6H3,(H,28,29)/t15-/m0/s1. The maximum atomic E-state index is 12.9. The molecule has 0 bridgehead atoms. The lowest BCUT2D eigenvalue weighted by atomic mass is 10.2. The number of aromatic nitrogens is 3. The summed E-state index contributed by atoms with van der Waals surface area (Å²) in [6.45, 7) is 13.9. The Morgan fingerprint density at radius 3 is 2.71 bits per heavy atom. The number of ether oxygens (including phenoxy) is 2. The van der Waals surface area contributed by atoms with Gasteiger partial charge >= 0.3 is 12.1 Å². The normalized spacial score (nSPS) is 16.6. The van der Waals surface area contributed by atoms with E-state index in [9.17, 15) is 14.7 Å². The first-order chi connectivity index (χ1) is 15.8. The molecule has 3 rings (SSSR count). The second kappa shape index (κ2) is 10.4. The Hall–Kier alpha value is -2.44. The summed E-state index contributed by atoms with van der Waals surface area (Å²) in [5.41, 5.74) is 0.884. The fourth-order valence-corrected chi connectivity index (χ4v) is 4.92. The number of rotatable bonds is 9. The summed E-state index contributed by atoms with van der Waals surface area (Å²) in [5.74, 6) is 0.314. The average molecular weight is 510 g/mol. The Kier molecular flexibility index (Phi) is 8.04. The van der Waals surface area contributed by atoms with Crippen molar-refractivity contribution in [1.29, 1.82) is 0 Å². The van der Waals surface area contributed by atoms with Crippen LogP contribution in [0.2, 0.25) is 25.7 Å². The van der Waals surface area contributed by atoms with Crippen LogP contribution in [0.15, 0.2) is 11.7 Å². The van der Waals surface area contributed by atoms with E-state index < -0.39 is 19.6 Å². The van der Waals surface area contributed by atoms with Crippen molar-refractivity contribution in [3.63, 3.8) is 0 Å². The number of nitrogens with one attached hydrogen (secondary N) is 1. The van der Waals surface area contributed by atoms with E-state index in [2.05, 4.69) is 29.9 Å². The Labute approximate surface area is 205 Å². The highest BCUT2D eigenvalue weighted by Gasteiger charge is 2.36. The summed E-state index contributed by atoms with van der Waals surface area (Å²) < 4.78 is 13.5. The fourth-order valence-electron chi connectivity index (χ4n) is 3.58. The Balaban J connectivity index is 1.84. The summed E-state index contributed by atoms with van der Waals surface area (Å²) in [4.78, 5) is 35.0. The molecule has 1 aliphatic heterocycles. The molecule has 1 aliphatic rings. The molecule has 1 fully saturated rings. The van der Waals surface area contributed by atoms with Crippen LogP contribution >= 0.6 is 11.3 Å². The quantitative estimate of drug-likeness (QED) is 0.351. The van der Waals surface area contributed by atoms with Gasteiger partial charge in [0.05, 0.1) is 17.7 Å². The smallest absolute Gasteiger partial charge is 0.410 e. The van der Waals surface area contributed by atoms with Crippen LogP contribution in [0.5, 0.6) is 0 Å². The molecule has 34 heavy (non-hydrogen) atoms. The van der Waals surface area contributed by atoms with Crippen LogP contribution in [0.3, 0.4) is 0 Å². The molecule has 2 aromatic rings. The van der Waals surface area contributed by atoms with Gasteiger partial charge in [-0.2, -0.15) is 0 Å². The minimum Gasteiger partial charge on any atom is -0.477 e. The van der Waals surface area contributed by atoms with E-state index >= 15 is 0 Å². The number of anilines is 2. The second-order valence-corrected chi connectivity index (χ2v) is 17.1. The lowest BCUT2D eigenvalue weighted by Crippen LogP contribution is -2.37. The van der Waals surface area contributed by atoms with E-state index in [4.69, 9.17) is 14.5 Å². The zero-order valence-electron chi connectivity index (χ0n) is 20.8. The molecule has 1 atom stereocenters. The first kappa shape index (κ1) is 26.2. The number of nitrogens with zero attached hydrogens (tertiary/aromatic N) is 4.